The molecule has 2 heterocycles. The second kappa shape index (κ2) is 14.4. The van der Waals surface area contributed by atoms with Crippen molar-refractivity contribution >= 4 is 40.2 Å². The monoisotopic (exact) mass is 618 g/mol. The summed E-state index contributed by atoms with van der Waals surface area (Å²) in [4.78, 5) is 69.0. The van der Waals surface area contributed by atoms with E-state index in [1.807, 2.05) is 32.0 Å². The molecule has 4 rings (SSSR count). The molecule has 14 heteroatoms. The van der Waals surface area contributed by atoms with Crippen LogP contribution in [0.3, 0.4) is 0 Å². The lowest BCUT2D eigenvalue weighted by Gasteiger charge is -2.23. The van der Waals surface area contributed by atoms with Crippen molar-refractivity contribution < 1.29 is 33.7 Å². The summed E-state index contributed by atoms with van der Waals surface area (Å²) in [7, 11) is 0. The Balaban J connectivity index is 1.53. The molecule has 0 saturated carbocycles. The summed E-state index contributed by atoms with van der Waals surface area (Å²) >= 11 is 0. The van der Waals surface area contributed by atoms with Crippen molar-refractivity contribution in [2.24, 2.45) is 0 Å². The number of aromatic nitrogens is 4. The molecule has 3 N–H and O–H groups in total. The molecule has 0 aliphatic heterocycles. The topological polar surface area (TPSA) is 196 Å². The SMILES string of the molecule is CCC(C(=O)N[C@@H](CC(=O)O)C(=O)COC(=O)c1cccc2ccccc12)n1cc(C(C)C)nc(NCc2nonc2C)c1=O. The molecule has 2 atom stereocenters. The number of Topliss-reactive ketones (excluding diaryl/α,β-unsaturated/α-hetero) is 1. The van der Waals surface area contributed by atoms with Crippen LogP contribution in [0.5, 0.6) is 0 Å². The number of benzene rings is 2. The molecule has 4 aromatic rings. The van der Waals surface area contributed by atoms with Gasteiger partial charge in [-0.25, -0.2) is 14.4 Å². The number of ketones is 1. The molecular formula is C31H34N6O8. The van der Waals surface area contributed by atoms with E-state index in [1.54, 1.807) is 38.1 Å². The first kappa shape index (κ1) is 32.5. The van der Waals surface area contributed by atoms with Crippen LogP contribution < -0.4 is 16.2 Å². The number of carbonyl (C=O) groups excluding carboxylic acids is 3. The Kier molecular flexibility index (Phi) is 10.4. The molecular weight excluding hydrogens is 584 g/mol. The Bertz CT molecular complexity index is 1770. The normalized spacial score (nSPS) is 12.5. The summed E-state index contributed by atoms with van der Waals surface area (Å²) in [5, 5.41) is 23.8. The zero-order valence-corrected chi connectivity index (χ0v) is 25.3. The number of ether oxygens (including phenoxy) is 1. The number of fused-ring (bicyclic) bond motifs is 1. The number of carbonyl (C=O) groups is 4. The molecule has 1 amide bonds. The number of esters is 1. The Morgan fingerprint density at radius 2 is 1.80 bits per heavy atom. The third kappa shape index (κ3) is 7.77. The largest absolute Gasteiger partial charge is 0.481 e. The van der Waals surface area contributed by atoms with Gasteiger partial charge in [-0.3, -0.25) is 23.7 Å². The van der Waals surface area contributed by atoms with Crippen LogP contribution >= 0.6 is 0 Å². The first-order valence-electron chi connectivity index (χ1n) is 14.3. The van der Waals surface area contributed by atoms with Gasteiger partial charge in [-0.1, -0.05) is 67.5 Å². The Morgan fingerprint density at radius 3 is 2.47 bits per heavy atom. The van der Waals surface area contributed by atoms with E-state index in [9.17, 15) is 29.1 Å². The number of amides is 1. The summed E-state index contributed by atoms with van der Waals surface area (Å²) in [6, 6.07) is 9.58. The fourth-order valence-corrected chi connectivity index (χ4v) is 4.65. The lowest BCUT2D eigenvalue weighted by Crippen LogP contribution is -2.48. The fourth-order valence-electron chi connectivity index (χ4n) is 4.65. The van der Waals surface area contributed by atoms with Crippen LogP contribution in [0.1, 0.15) is 73.0 Å². The number of carboxylic acid groups (broad SMARTS) is 1. The number of anilines is 1. The molecule has 0 aliphatic carbocycles. The number of carboxylic acids is 1. The standard InChI is InChI=1S/C31H34N6O8/c1-5-25(37-15-24(17(2)3)33-28(30(37)42)32-14-23-18(4)35-45-36-23)29(41)34-22(13-27(39)40)26(38)16-44-31(43)21-12-8-10-19-9-6-7-11-20(19)21/h6-12,15,17,22,25H,5,13-14,16H2,1-4H3,(H,32,33)(H,34,41)(H,39,40)/t22-,25?/m0/s1. The smallest absolute Gasteiger partial charge is 0.339 e. The molecule has 236 valence electrons. The van der Waals surface area contributed by atoms with Crippen molar-refractivity contribution in [2.45, 2.75) is 65.1 Å². The average Bonchev–Trinajstić information content (AvgIpc) is 3.43. The van der Waals surface area contributed by atoms with Crippen molar-refractivity contribution in [3.8, 4) is 0 Å². The molecule has 0 fully saturated rings. The van der Waals surface area contributed by atoms with Gasteiger partial charge in [0.2, 0.25) is 5.91 Å². The van der Waals surface area contributed by atoms with Crippen LogP contribution in [0, 0.1) is 6.92 Å². The van der Waals surface area contributed by atoms with Crippen LogP contribution in [-0.2, 0) is 25.7 Å². The second-order valence-electron chi connectivity index (χ2n) is 10.7. The quantitative estimate of drug-likeness (QED) is 0.175. The van der Waals surface area contributed by atoms with Gasteiger partial charge in [0.15, 0.2) is 18.2 Å². The van der Waals surface area contributed by atoms with E-state index in [0.29, 0.717) is 22.5 Å². The fraction of sp³-hybridized carbons (Fsp3) is 0.355. The van der Waals surface area contributed by atoms with Gasteiger partial charge in [0.25, 0.3) is 5.56 Å². The zero-order chi connectivity index (χ0) is 32.7. The minimum atomic E-state index is -1.52. The number of aliphatic carboxylic acids is 1. The Morgan fingerprint density at radius 1 is 1.07 bits per heavy atom. The molecule has 14 nitrogen and oxygen atoms in total. The number of rotatable bonds is 14. The van der Waals surface area contributed by atoms with Gasteiger partial charge >= 0.3 is 11.9 Å². The highest BCUT2D eigenvalue weighted by Crippen LogP contribution is 2.20. The maximum atomic E-state index is 13.5. The molecule has 0 bridgehead atoms. The highest BCUT2D eigenvalue weighted by Gasteiger charge is 2.30. The van der Waals surface area contributed by atoms with Gasteiger partial charge in [-0.05, 0) is 36.1 Å². The molecule has 2 aromatic carbocycles. The molecule has 0 radical (unpaired) electrons. The molecule has 2 aromatic heterocycles. The summed E-state index contributed by atoms with van der Waals surface area (Å²) in [5.41, 5.74) is 1.14. The van der Waals surface area contributed by atoms with E-state index < -0.39 is 54.3 Å². The maximum absolute atomic E-state index is 13.5. The van der Waals surface area contributed by atoms with E-state index in [0.717, 1.165) is 5.39 Å². The zero-order valence-electron chi connectivity index (χ0n) is 25.3. The van der Waals surface area contributed by atoms with Gasteiger partial charge in [-0.15, -0.1) is 0 Å². The lowest BCUT2D eigenvalue weighted by molar-refractivity contribution is -0.141. The van der Waals surface area contributed by atoms with Gasteiger partial charge < -0.3 is 20.5 Å². The van der Waals surface area contributed by atoms with E-state index >= 15 is 0 Å². The van der Waals surface area contributed by atoms with Crippen LogP contribution in [-0.4, -0.2) is 61.2 Å². The Hall–Kier alpha value is -5.40. The third-order valence-corrected chi connectivity index (χ3v) is 7.17. The van der Waals surface area contributed by atoms with Crippen molar-refractivity contribution in [1.29, 1.82) is 0 Å². The van der Waals surface area contributed by atoms with E-state index in [4.69, 9.17) is 9.37 Å². The minimum Gasteiger partial charge on any atom is -0.481 e. The summed E-state index contributed by atoms with van der Waals surface area (Å²) in [5.74, 6) is -3.86. The van der Waals surface area contributed by atoms with Crippen LogP contribution in [0.25, 0.3) is 10.8 Å². The highest BCUT2D eigenvalue weighted by molar-refractivity contribution is 6.05. The number of aryl methyl sites for hydroxylation is 1. The highest BCUT2D eigenvalue weighted by atomic mass is 16.6. The summed E-state index contributed by atoms with van der Waals surface area (Å²) in [6.07, 6.45) is 0.838. The van der Waals surface area contributed by atoms with Crippen LogP contribution in [0.2, 0.25) is 0 Å². The predicted octanol–water partition coefficient (Wildman–Crippen LogP) is 3.16. The van der Waals surface area contributed by atoms with Gasteiger partial charge in [0.1, 0.15) is 23.5 Å². The van der Waals surface area contributed by atoms with Crippen molar-refractivity contribution in [2.75, 3.05) is 11.9 Å². The number of hydrogen-bond donors (Lipinski definition) is 3. The van der Waals surface area contributed by atoms with Crippen LogP contribution in [0.4, 0.5) is 5.82 Å². The average molecular weight is 619 g/mol. The molecule has 0 saturated heterocycles. The Labute approximate surface area is 257 Å². The van der Waals surface area contributed by atoms with Crippen molar-refractivity contribution in [3.63, 3.8) is 0 Å². The molecule has 0 spiro atoms. The van der Waals surface area contributed by atoms with Crippen molar-refractivity contribution in [1.82, 2.24) is 25.2 Å². The predicted molar refractivity (Wildman–Crippen MR) is 162 cm³/mol. The first-order chi connectivity index (χ1) is 21.5. The van der Waals surface area contributed by atoms with E-state index in [-0.39, 0.29) is 30.3 Å². The number of nitrogens with zero attached hydrogens (tertiary/aromatic N) is 4. The molecule has 45 heavy (non-hydrogen) atoms. The number of hydrogen-bond acceptors (Lipinski definition) is 11. The maximum Gasteiger partial charge on any atom is 0.339 e. The second-order valence-corrected chi connectivity index (χ2v) is 10.7. The van der Waals surface area contributed by atoms with Crippen LogP contribution in [0.15, 0.2) is 58.1 Å². The van der Waals surface area contributed by atoms with E-state index in [1.165, 1.54) is 10.8 Å². The number of nitrogens with one attached hydrogen (secondary N) is 2. The molecule has 0 aliphatic rings. The van der Waals surface area contributed by atoms with Crippen molar-refractivity contribution in [3.05, 3.63) is 81.7 Å². The van der Waals surface area contributed by atoms with Gasteiger partial charge in [0, 0.05) is 6.20 Å². The third-order valence-electron chi connectivity index (χ3n) is 7.17. The lowest BCUT2D eigenvalue weighted by atomic mass is 10.0. The minimum absolute atomic E-state index is 0.0339. The summed E-state index contributed by atoms with van der Waals surface area (Å²) < 4.78 is 11.1. The molecule has 1 unspecified atom stereocenters. The summed E-state index contributed by atoms with van der Waals surface area (Å²) in [6.45, 7) is 6.43. The van der Waals surface area contributed by atoms with E-state index in [2.05, 4.69) is 25.9 Å². The van der Waals surface area contributed by atoms with Gasteiger partial charge in [-0.2, -0.15) is 0 Å². The first-order valence-corrected chi connectivity index (χ1v) is 14.3. The van der Waals surface area contributed by atoms with Gasteiger partial charge in [0.05, 0.1) is 24.2 Å².